The Bertz CT molecular complexity index is 587. The Hall–Kier alpha value is -2.04. The van der Waals surface area contributed by atoms with Gasteiger partial charge in [-0.25, -0.2) is 4.79 Å². The van der Waals surface area contributed by atoms with Crippen molar-refractivity contribution < 1.29 is 14.6 Å². The van der Waals surface area contributed by atoms with Crippen LogP contribution in [0.15, 0.2) is 48.5 Å². The van der Waals surface area contributed by atoms with Crippen molar-refractivity contribution in [1.29, 1.82) is 0 Å². The number of hydrogen-bond acceptors (Lipinski definition) is 3. The number of halogens is 1. The maximum absolute atomic E-state index is 11.6. The molecule has 0 aliphatic heterocycles. The Morgan fingerprint density at radius 2 is 1.95 bits per heavy atom. The van der Waals surface area contributed by atoms with E-state index in [1.165, 1.54) is 0 Å². The number of ether oxygens (including phenoxy) is 1. The minimum atomic E-state index is -0.554. The second-order valence-corrected chi connectivity index (χ2v) is 4.56. The van der Waals surface area contributed by atoms with Crippen molar-refractivity contribution in [3.63, 3.8) is 0 Å². The summed E-state index contributed by atoms with van der Waals surface area (Å²) in [7, 11) is 0. The van der Waals surface area contributed by atoms with Crippen LogP contribution >= 0.6 is 11.6 Å². The highest BCUT2D eigenvalue weighted by Gasteiger charge is 2.06. The Morgan fingerprint density at radius 3 is 2.60 bits per heavy atom. The molecule has 0 aliphatic carbocycles. The molecule has 20 heavy (non-hydrogen) atoms. The fourth-order valence-electron chi connectivity index (χ4n) is 1.63. The first-order chi connectivity index (χ1) is 9.69. The van der Waals surface area contributed by atoms with Gasteiger partial charge in [-0.15, -0.1) is 0 Å². The predicted octanol–water partition coefficient (Wildman–Crippen LogP) is 3.58. The Balaban J connectivity index is 1.90. The van der Waals surface area contributed by atoms with Gasteiger partial charge < -0.3 is 9.84 Å². The molecule has 2 aromatic carbocycles. The topological polar surface area (TPSA) is 58.6 Å². The molecule has 0 heterocycles. The molecule has 0 saturated heterocycles. The minimum Gasteiger partial charge on any atom is -0.444 e. The number of hydrogen-bond donors (Lipinski definition) is 2. The van der Waals surface area contributed by atoms with Crippen molar-refractivity contribution in [2.75, 3.05) is 5.32 Å². The summed E-state index contributed by atoms with van der Waals surface area (Å²) < 4.78 is 5.09. The largest absolute Gasteiger partial charge is 0.444 e. The lowest BCUT2D eigenvalue weighted by Gasteiger charge is -2.08. The van der Waals surface area contributed by atoms with Crippen LogP contribution in [-0.4, -0.2) is 11.2 Å². The molecule has 2 aromatic rings. The van der Waals surface area contributed by atoms with Crippen molar-refractivity contribution in [1.82, 2.24) is 0 Å². The molecule has 1 amide bonds. The highest BCUT2D eigenvalue weighted by atomic mass is 35.5. The third kappa shape index (κ3) is 3.98. The van der Waals surface area contributed by atoms with Gasteiger partial charge in [0, 0.05) is 10.7 Å². The van der Waals surface area contributed by atoms with Crippen LogP contribution in [0.2, 0.25) is 5.02 Å². The second-order valence-electron chi connectivity index (χ2n) is 4.15. The summed E-state index contributed by atoms with van der Waals surface area (Å²) in [5.41, 5.74) is 2.04. The van der Waals surface area contributed by atoms with E-state index in [4.69, 9.17) is 21.4 Å². The van der Waals surface area contributed by atoms with Crippen LogP contribution in [0.1, 0.15) is 11.1 Å². The lowest BCUT2D eigenvalue weighted by Crippen LogP contribution is -2.13. The van der Waals surface area contributed by atoms with Gasteiger partial charge in [-0.1, -0.05) is 48.0 Å². The summed E-state index contributed by atoms with van der Waals surface area (Å²) in [4.78, 5) is 11.6. The van der Waals surface area contributed by atoms with E-state index in [-0.39, 0.29) is 13.2 Å². The molecule has 0 aromatic heterocycles. The van der Waals surface area contributed by atoms with Crippen LogP contribution in [0.4, 0.5) is 10.5 Å². The van der Waals surface area contributed by atoms with Crippen LogP contribution in [0, 0.1) is 0 Å². The molecule has 2 rings (SSSR count). The number of benzene rings is 2. The van der Waals surface area contributed by atoms with Gasteiger partial charge in [-0.3, -0.25) is 5.32 Å². The number of anilines is 1. The van der Waals surface area contributed by atoms with Crippen LogP contribution in [0.25, 0.3) is 0 Å². The summed E-state index contributed by atoms with van der Waals surface area (Å²) in [5.74, 6) is 0. The third-order valence-corrected chi connectivity index (χ3v) is 3.03. The number of aliphatic hydroxyl groups is 1. The first-order valence-electron chi connectivity index (χ1n) is 6.06. The number of rotatable bonds is 4. The van der Waals surface area contributed by atoms with Gasteiger partial charge in [0.15, 0.2) is 0 Å². The van der Waals surface area contributed by atoms with Gasteiger partial charge in [0.2, 0.25) is 0 Å². The normalized spacial score (nSPS) is 10.1. The van der Waals surface area contributed by atoms with Gasteiger partial charge in [0.25, 0.3) is 0 Å². The predicted molar refractivity (Wildman–Crippen MR) is 77.6 cm³/mol. The average molecular weight is 292 g/mol. The monoisotopic (exact) mass is 291 g/mol. The molecule has 0 atom stereocenters. The van der Waals surface area contributed by atoms with Crippen molar-refractivity contribution in [3.8, 4) is 0 Å². The third-order valence-electron chi connectivity index (χ3n) is 2.68. The van der Waals surface area contributed by atoms with E-state index in [1.807, 2.05) is 30.3 Å². The number of carbonyl (C=O) groups is 1. The Labute approximate surface area is 122 Å². The summed E-state index contributed by atoms with van der Waals surface area (Å²) in [6.07, 6.45) is -0.554. The number of aliphatic hydroxyl groups excluding tert-OH is 1. The van der Waals surface area contributed by atoms with Gasteiger partial charge in [0.1, 0.15) is 6.61 Å². The van der Waals surface area contributed by atoms with E-state index >= 15 is 0 Å². The van der Waals surface area contributed by atoms with Gasteiger partial charge >= 0.3 is 6.09 Å². The number of amides is 1. The highest BCUT2D eigenvalue weighted by molar-refractivity contribution is 6.31. The van der Waals surface area contributed by atoms with E-state index in [0.717, 1.165) is 5.56 Å². The van der Waals surface area contributed by atoms with E-state index in [9.17, 15) is 4.79 Å². The van der Waals surface area contributed by atoms with Gasteiger partial charge in [0.05, 0.1) is 6.61 Å². The lowest BCUT2D eigenvalue weighted by atomic mass is 10.2. The molecule has 2 N–H and O–H groups in total. The lowest BCUT2D eigenvalue weighted by molar-refractivity contribution is 0.155. The smallest absolute Gasteiger partial charge is 0.411 e. The maximum Gasteiger partial charge on any atom is 0.411 e. The summed E-state index contributed by atoms with van der Waals surface area (Å²) in [6, 6.07) is 14.3. The van der Waals surface area contributed by atoms with Crippen molar-refractivity contribution >= 4 is 23.4 Å². The number of nitrogens with one attached hydrogen (secondary N) is 1. The average Bonchev–Trinajstić information content (AvgIpc) is 2.46. The fraction of sp³-hybridized carbons (Fsp3) is 0.133. The van der Waals surface area contributed by atoms with E-state index < -0.39 is 6.09 Å². The molecule has 5 heteroatoms. The van der Waals surface area contributed by atoms with Gasteiger partial charge in [-0.05, 0) is 23.3 Å². The molecular formula is C15H14ClNO3. The molecular weight excluding hydrogens is 278 g/mol. The fourth-order valence-corrected chi connectivity index (χ4v) is 1.87. The maximum atomic E-state index is 11.6. The van der Waals surface area contributed by atoms with Gasteiger partial charge in [-0.2, -0.15) is 0 Å². The molecule has 0 fully saturated rings. The van der Waals surface area contributed by atoms with E-state index in [1.54, 1.807) is 18.2 Å². The van der Waals surface area contributed by atoms with E-state index in [0.29, 0.717) is 16.3 Å². The van der Waals surface area contributed by atoms with Crippen LogP contribution < -0.4 is 5.32 Å². The quantitative estimate of drug-likeness (QED) is 0.905. The molecule has 0 spiro atoms. The molecule has 104 valence electrons. The van der Waals surface area contributed by atoms with Crippen molar-refractivity contribution in [3.05, 3.63) is 64.7 Å². The Kier molecular flexibility index (Phi) is 4.98. The molecule has 0 radical (unpaired) electrons. The minimum absolute atomic E-state index is 0.141. The first kappa shape index (κ1) is 14.4. The standard InChI is InChI=1S/C15H14ClNO3/c16-14-8-13(7-6-12(14)9-18)17-15(19)20-10-11-4-2-1-3-5-11/h1-8,18H,9-10H2,(H,17,19). The SMILES string of the molecule is O=C(Nc1ccc(CO)c(Cl)c1)OCc1ccccc1. The van der Waals surface area contributed by atoms with Crippen LogP contribution in [0.3, 0.4) is 0 Å². The molecule has 0 bridgehead atoms. The number of carbonyl (C=O) groups excluding carboxylic acids is 1. The van der Waals surface area contributed by atoms with Crippen LogP contribution in [-0.2, 0) is 18.0 Å². The summed E-state index contributed by atoms with van der Waals surface area (Å²) >= 11 is 5.93. The van der Waals surface area contributed by atoms with E-state index in [2.05, 4.69) is 5.32 Å². The van der Waals surface area contributed by atoms with Crippen LogP contribution in [0.5, 0.6) is 0 Å². The second kappa shape index (κ2) is 6.93. The molecule has 4 nitrogen and oxygen atoms in total. The Morgan fingerprint density at radius 1 is 1.20 bits per heavy atom. The van der Waals surface area contributed by atoms with Crippen molar-refractivity contribution in [2.45, 2.75) is 13.2 Å². The zero-order valence-corrected chi connectivity index (χ0v) is 11.4. The molecule has 0 aliphatic rings. The van der Waals surface area contributed by atoms with Crippen molar-refractivity contribution in [2.24, 2.45) is 0 Å². The molecule has 0 unspecified atom stereocenters. The summed E-state index contributed by atoms with van der Waals surface area (Å²) in [5, 5.41) is 12.0. The molecule has 0 saturated carbocycles. The first-order valence-corrected chi connectivity index (χ1v) is 6.44. The zero-order chi connectivity index (χ0) is 14.4. The summed E-state index contributed by atoms with van der Waals surface area (Å²) in [6.45, 7) is 0.0622. The highest BCUT2D eigenvalue weighted by Crippen LogP contribution is 2.21. The zero-order valence-electron chi connectivity index (χ0n) is 10.7.